The molecule has 3 nitrogen and oxygen atoms in total. The van der Waals surface area contributed by atoms with Crippen molar-refractivity contribution in [1.29, 1.82) is 0 Å². The second-order valence-corrected chi connectivity index (χ2v) is 4.87. The molecule has 0 aliphatic heterocycles. The fourth-order valence-electron chi connectivity index (χ4n) is 1.66. The molecule has 1 aromatic carbocycles. The molecule has 2 aromatic heterocycles. The van der Waals surface area contributed by atoms with E-state index in [0.29, 0.717) is 0 Å². The van der Waals surface area contributed by atoms with E-state index >= 15 is 0 Å². The molecule has 0 aliphatic carbocycles. The topological polar surface area (TPSA) is 38.9 Å². The SMILES string of the molecule is Cc1nnc(-c2cccc(-c3ccco3)c2)s1. The van der Waals surface area contributed by atoms with Crippen LogP contribution in [0.2, 0.25) is 0 Å². The predicted octanol–water partition coefficient (Wildman–Crippen LogP) is 3.77. The fraction of sp³-hybridized carbons (Fsp3) is 0.0769. The van der Waals surface area contributed by atoms with Gasteiger partial charge in [0.15, 0.2) is 0 Å². The second kappa shape index (κ2) is 4.14. The van der Waals surface area contributed by atoms with Crippen LogP contribution < -0.4 is 0 Å². The first kappa shape index (κ1) is 10.2. The number of nitrogens with zero attached hydrogens (tertiary/aromatic N) is 2. The van der Waals surface area contributed by atoms with Gasteiger partial charge in [0.05, 0.1) is 6.26 Å². The minimum atomic E-state index is 0.869. The van der Waals surface area contributed by atoms with Crippen molar-refractivity contribution >= 4 is 11.3 Å². The number of aryl methyl sites for hydroxylation is 1. The van der Waals surface area contributed by atoms with Gasteiger partial charge in [-0.05, 0) is 25.1 Å². The highest BCUT2D eigenvalue weighted by Crippen LogP contribution is 2.28. The quantitative estimate of drug-likeness (QED) is 0.686. The highest BCUT2D eigenvalue weighted by molar-refractivity contribution is 7.14. The van der Waals surface area contributed by atoms with E-state index in [0.717, 1.165) is 26.9 Å². The first-order chi connectivity index (χ1) is 8.33. The zero-order valence-electron chi connectivity index (χ0n) is 9.25. The third kappa shape index (κ3) is 1.99. The number of furan rings is 1. The smallest absolute Gasteiger partial charge is 0.147 e. The van der Waals surface area contributed by atoms with Crippen molar-refractivity contribution in [3.05, 3.63) is 47.7 Å². The highest BCUT2D eigenvalue weighted by Gasteiger charge is 2.06. The molecule has 3 aromatic rings. The summed E-state index contributed by atoms with van der Waals surface area (Å²) in [5.41, 5.74) is 2.13. The third-order valence-corrected chi connectivity index (χ3v) is 3.33. The first-order valence-electron chi connectivity index (χ1n) is 5.27. The monoisotopic (exact) mass is 242 g/mol. The average Bonchev–Trinajstić information content (AvgIpc) is 3.00. The number of hydrogen-bond donors (Lipinski definition) is 0. The number of aromatic nitrogens is 2. The van der Waals surface area contributed by atoms with Crippen molar-refractivity contribution < 1.29 is 4.42 Å². The molecule has 3 rings (SSSR count). The lowest BCUT2D eigenvalue weighted by Crippen LogP contribution is -1.79. The predicted molar refractivity (Wildman–Crippen MR) is 67.8 cm³/mol. The summed E-state index contributed by atoms with van der Waals surface area (Å²) in [4.78, 5) is 0. The Morgan fingerprint density at radius 3 is 2.65 bits per heavy atom. The molecule has 2 heterocycles. The Hall–Kier alpha value is -1.94. The molecule has 0 spiro atoms. The Labute approximate surface area is 103 Å². The molecule has 0 radical (unpaired) electrons. The van der Waals surface area contributed by atoms with Crippen LogP contribution in [0.3, 0.4) is 0 Å². The van der Waals surface area contributed by atoms with Gasteiger partial charge >= 0.3 is 0 Å². The minimum absolute atomic E-state index is 0.869. The zero-order valence-corrected chi connectivity index (χ0v) is 10.1. The summed E-state index contributed by atoms with van der Waals surface area (Å²) in [6.45, 7) is 1.96. The summed E-state index contributed by atoms with van der Waals surface area (Å²) < 4.78 is 5.38. The standard InChI is InChI=1S/C13H10N2OS/c1-9-14-15-13(17-9)11-5-2-4-10(8-11)12-6-3-7-16-12/h2-8H,1H3. The van der Waals surface area contributed by atoms with Gasteiger partial charge in [-0.3, -0.25) is 0 Å². The van der Waals surface area contributed by atoms with E-state index in [1.165, 1.54) is 0 Å². The maximum absolute atomic E-state index is 5.38. The third-order valence-electron chi connectivity index (χ3n) is 2.44. The van der Waals surface area contributed by atoms with Gasteiger partial charge in [0, 0.05) is 11.1 Å². The number of hydrogen-bond acceptors (Lipinski definition) is 4. The highest BCUT2D eigenvalue weighted by atomic mass is 32.1. The molecular formula is C13H10N2OS. The Morgan fingerprint density at radius 2 is 1.94 bits per heavy atom. The molecule has 0 fully saturated rings. The Balaban J connectivity index is 2.05. The van der Waals surface area contributed by atoms with Gasteiger partial charge < -0.3 is 4.42 Å². The van der Waals surface area contributed by atoms with Crippen molar-refractivity contribution in [2.45, 2.75) is 6.92 Å². The van der Waals surface area contributed by atoms with Gasteiger partial charge in [-0.1, -0.05) is 29.5 Å². The van der Waals surface area contributed by atoms with Crippen LogP contribution in [0, 0.1) is 6.92 Å². The lowest BCUT2D eigenvalue weighted by Gasteiger charge is -1.99. The van der Waals surface area contributed by atoms with Crippen LogP contribution in [-0.2, 0) is 0 Å². The van der Waals surface area contributed by atoms with Gasteiger partial charge in [-0.25, -0.2) is 0 Å². The zero-order chi connectivity index (χ0) is 11.7. The van der Waals surface area contributed by atoms with Crippen LogP contribution in [-0.4, -0.2) is 10.2 Å². The Kier molecular flexibility index (Phi) is 2.49. The van der Waals surface area contributed by atoms with Crippen LogP contribution in [0.15, 0.2) is 47.1 Å². The van der Waals surface area contributed by atoms with Crippen molar-refractivity contribution in [1.82, 2.24) is 10.2 Å². The van der Waals surface area contributed by atoms with Gasteiger partial charge in [0.25, 0.3) is 0 Å². The van der Waals surface area contributed by atoms with Crippen molar-refractivity contribution in [2.24, 2.45) is 0 Å². The van der Waals surface area contributed by atoms with Crippen LogP contribution in [0.4, 0.5) is 0 Å². The van der Waals surface area contributed by atoms with Crippen LogP contribution in [0.1, 0.15) is 5.01 Å². The molecule has 0 unspecified atom stereocenters. The lowest BCUT2D eigenvalue weighted by atomic mass is 10.1. The molecule has 4 heteroatoms. The molecular weight excluding hydrogens is 232 g/mol. The van der Waals surface area contributed by atoms with Crippen molar-refractivity contribution in [3.63, 3.8) is 0 Å². The van der Waals surface area contributed by atoms with E-state index in [2.05, 4.69) is 16.3 Å². The largest absolute Gasteiger partial charge is 0.464 e. The first-order valence-corrected chi connectivity index (χ1v) is 6.09. The van der Waals surface area contributed by atoms with E-state index in [-0.39, 0.29) is 0 Å². The maximum atomic E-state index is 5.38. The number of rotatable bonds is 2. The van der Waals surface area contributed by atoms with Crippen LogP contribution in [0.25, 0.3) is 21.9 Å². The second-order valence-electron chi connectivity index (χ2n) is 3.68. The van der Waals surface area contributed by atoms with E-state index in [1.807, 2.05) is 37.3 Å². The van der Waals surface area contributed by atoms with Crippen molar-refractivity contribution in [3.8, 4) is 21.9 Å². The molecule has 0 aliphatic rings. The summed E-state index contributed by atoms with van der Waals surface area (Å²) in [5, 5.41) is 10.1. The molecule has 0 bridgehead atoms. The van der Waals surface area contributed by atoms with E-state index in [9.17, 15) is 0 Å². The lowest BCUT2D eigenvalue weighted by molar-refractivity contribution is 0.582. The Morgan fingerprint density at radius 1 is 1.06 bits per heavy atom. The van der Waals surface area contributed by atoms with Crippen LogP contribution >= 0.6 is 11.3 Å². The molecule has 84 valence electrons. The van der Waals surface area contributed by atoms with E-state index in [4.69, 9.17) is 4.42 Å². The van der Waals surface area contributed by atoms with Gasteiger partial charge in [-0.2, -0.15) is 0 Å². The minimum Gasteiger partial charge on any atom is -0.464 e. The Bertz CT molecular complexity index is 628. The number of benzene rings is 1. The van der Waals surface area contributed by atoms with Crippen molar-refractivity contribution in [2.75, 3.05) is 0 Å². The van der Waals surface area contributed by atoms with Gasteiger partial charge in [0.2, 0.25) is 0 Å². The van der Waals surface area contributed by atoms with E-state index in [1.54, 1.807) is 17.6 Å². The fourth-order valence-corrected chi connectivity index (χ4v) is 2.35. The normalized spacial score (nSPS) is 10.6. The van der Waals surface area contributed by atoms with Gasteiger partial charge in [0.1, 0.15) is 15.8 Å². The maximum Gasteiger partial charge on any atom is 0.147 e. The molecule has 17 heavy (non-hydrogen) atoms. The summed E-state index contributed by atoms with van der Waals surface area (Å²) >= 11 is 1.59. The van der Waals surface area contributed by atoms with E-state index < -0.39 is 0 Å². The molecule has 0 saturated carbocycles. The molecule has 0 N–H and O–H groups in total. The summed E-state index contributed by atoms with van der Waals surface area (Å²) in [5.74, 6) is 0.869. The van der Waals surface area contributed by atoms with Crippen LogP contribution in [0.5, 0.6) is 0 Å². The molecule has 0 atom stereocenters. The summed E-state index contributed by atoms with van der Waals surface area (Å²) in [6, 6.07) is 12.0. The molecule has 0 amide bonds. The average molecular weight is 242 g/mol. The summed E-state index contributed by atoms with van der Waals surface area (Å²) in [7, 11) is 0. The van der Waals surface area contributed by atoms with Gasteiger partial charge in [-0.15, -0.1) is 10.2 Å². The molecule has 0 saturated heterocycles. The summed E-state index contributed by atoms with van der Waals surface area (Å²) in [6.07, 6.45) is 1.68.